The minimum absolute atomic E-state index is 0.101. The van der Waals surface area contributed by atoms with Gasteiger partial charge in [-0.05, 0) is 52.2 Å². The van der Waals surface area contributed by atoms with Crippen molar-refractivity contribution in [1.29, 1.82) is 0 Å². The minimum Gasteiger partial charge on any atom is -0.444 e. The highest BCUT2D eigenvalue weighted by atomic mass is 16.6. The Balaban J connectivity index is 2.25. The molecule has 0 saturated carbocycles. The largest absolute Gasteiger partial charge is 0.444 e. The first kappa shape index (κ1) is 24.8. The Morgan fingerprint density at radius 1 is 1.16 bits per heavy atom. The molecule has 2 rings (SSSR count). The van der Waals surface area contributed by atoms with E-state index in [0.29, 0.717) is 30.5 Å². The molecule has 1 aromatic heterocycles. The molecule has 1 aromatic carbocycles. The molecule has 8 heteroatoms. The maximum atomic E-state index is 12.7. The van der Waals surface area contributed by atoms with E-state index >= 15 is 0 Å². The fourth-order valence-corrected chi connectivity index (χ4v) is 3.00. The van der Waals surface area contributed by atoms with Gasteiger partial charge in [0.25, 0.3) is 0 Å². The SMILES string of the molecule is C=CCC(CC)C(=O)Nc1ccccc1-c1nnc([C@H](CC=C)NC(=O)OC(C)(C)C)o1. The van der Waals surface area contributed by atoms with Crippen molar-refractivity contribution < 1.29 is 18.7 Å². The highest BCUT2D eigenvalue weighted by molar-refractivity contribution is 5.96. The van der Waals surface area contributed by atoms with E-state index in [1.807, 2.05) is 19.1 Å². The lowest BCUT2D eigenvalue weighted by atomic mass is 10.0. The predicted octanol–water partition coefficient (Wildman–Crippen LogP) is 5.42. The molecule has 0 aliphatic rings. The van der Waals surface area contributed by atoms with Crippen LogP contribution in [0.3, 0.4) is 0 Å². The Labute approximate surface area is 189 Å². The number of benzene rings is 1. The lowest BCUT2D eigenvalue weighted by Crippen LogP contribution is -2.35. The van der Waals surface area contributed by atoms with Crippen LogP contribution in [0.1, 0.15) is 58.9 Å². The number of ether oxygens (including phenoxy) is 1. The molecule has 2 amide bonds. The molecule has 2 atom stereocenters. The maximum absolute atomic E-state index is 12.7. The number of aromatic nitrogens is 2. The van der Waals surface area contributed by atoms with Gasteiger partial charge in [-0.15, -0.1) is 23.4 Å². The number of hydrogen-bond donors (Lipinski definition) is 2. The summed E-state index contributed by atoms with van der Waals surface area (Å²) in [5.74, 6) is 0.169. The highest BCUT2D eigenvalue weighted by Crippen LogP contribution is 2.29. The van der Waals surface area contributed by atoms with Gasteiger partial charge in [0.15, 0.2) is 0 Å². The van der Waals surface area contributed by atoms with E-state index in [0.717, 1.165) is 0 Å². The summed E-state index contributed by atoms with van der Waals surface area (Å²) in [5, 5.41) is 13.9. The van der Waals surface area contributed by atoms with Crippen LogP contribution in [0.25, 0.3) is 11.5 Å². The Hall–Kier alpha value is -3.42. The molecule has 0 saturated heterocycles. The number of anilines is 1. The number of hydrogen-bond acceptors (Lipinski definition) is 6. The molecule has 0 radical (unpaired) electrons. The Morgan fingerprint density at radius 2 is 1.84 bits per heavy atom. The van der Waals surface area contributed by atoms with E-state index in [9.17, 15) is 9.59 Å². The Morgan fingerprint density at radius 3 is 2.47 bits per heavy atom. The van der Waals surface area contributed by atoms with Gasteiger partial charge in [-0.1, -0.05) is 31.2 Å². The molecule has 1 heterocycles. The average Bonchev–Trinajstić information content (AvgIpc) is 3.20. The number of para-hydroxylation sites is 1. The van der Waals surface area contributed by atoms with Crippen molar-refractivity contribution in [3.63, 3.8) is 0 Å². The van der Waals surface area contributed by atoms with Gasteiger partial charge in [0, 0.05) is 5.92 Å². The molecule has 172 valence electrons. The van der Waals surface area contributed by atoms with Crippen molar-refractivity contribution in [2.24, 2.45) is 5.92 Å². The second-order valence-electron chi connectivity index (χ2n) is 8.33. The molecule has 2 N–H and O–H groups in total. The van der Waals surface area contributed by atoms with E-state index in [-0.39, 0.29) is 23.6 Å². The van der Waals surface area contributed by atoms with Gasteiger partial charge in [-0.3, -0.25) is 4.79 Å². The van der Waals surface area contributed by atoms with Gasteiger partial charge in [0.1, 0.15) is 11.6 Å². The van der Waals surface area contributed by atoms with Crippen molar-refractivity contribution in [3.8, 4) is 11.5 Å². The number of rotatable bonds is 10. The zero-order valence-electron chi connectivity index (χ0n) is 19.2. The number of nitrogens with zero attached hydrogens (tertiary/aromatic N) is 2. The van der Waals surface area contributed by atoms with Crippen LogP contribution in [-0.4, -0.2) is 27.8 Å². The first-order valence-electron chi connectivity index (χ1n) is 10.6. The summed E-state index contributed by atoms with van der Waals surface area (Å²) in [7, 11) is 0. The number of carbonyl (C=O) groups is 2. The van der Waals surface area contributed by atoms with Crippen LogP contribution in [0.2, 0.25) is 0 Å². The van der Waals surface area contributed by atoms with Gasteiger partial charge < -0.3 is 19.8 Å². The Bertz CT molecular complexity index is 945. The third-order valence-corrected chi connectivity index (χ3v) is 4.56. The van der Waals surface area contributed by atoms with Gasteiger partial charge in [-0.25, -0.2) is 4.79 Å². The van der Waals surface area contributed by atoms with Gasteiger partial charge in [0.2, 0.25) is 17.7 Å². The fourth-order valence-electron chi connectivity index (χ4n) is 3.00. The zero-order chi connectivity index (χ0) is 23.7. The zero-order valence-corrected chi connectivity index (χ0v) is 19.2. The summed E-state index contributed by atoms with van der Waals surface area (Å²) in [4.78, 5) is 24.9. The summed E-state index contributed by atoms with van der Waals surface area (Å²) in [5.41, 5.74) is 0.514. The second-order valence-corrected chi connectivity index (χ2v) is 8.33. The van der Waals surface area contributed by atoms with Gasteiger partial charge >= 0.3 is 6.09 Å². The molecule has 1 unspecified atom stereocenters. The quantitative estimate of drug-likeness (QED) is 0.478. The van der Waals surface area contributed by atoms with Crippen molar-refractivity contribution in [3.05, 3.63) is 55.5 Å². The summed E-state index contributed by atoms with van der Waals surface area (Å²) in [6.07, 6.45) is 4.45. The molecule has 0 aliphatic carbocycles. The van der Waals surface area contributed by atoms with Crippen molar-refractivity contribution >= 4 is 17.7 Å². The molecule has 0 aliphatic heterocycles. The number of alkyl carbamates (subject to hydrolysis) is 1. The smallest absolute Gasteiger partial charge is 0.408 e. The molecular formula is C24H32N4O4. The molecule has 32 heavy (non-hydrogen) atoms. The van der Waals surface area contributed by atoms with E-state index in [2.05, 4.69) is 34.0 Å². The maximum Gasteiger partial charge on any atom is 0.408 e. The molecular weight excluding hydrogens is 408 g/mol. The third kappa shape index (κ3) is 7.08. The highest BCUT2D eigenvalue weighted by Gasteiger charge is 2.25. The van der Waals surface area contributed by atoms with E-state index in [1.54, 1.807) is 45.1 Å². The van der Waals surface area contributed by atoms with Crippen LogP contribution in [0.4, 0.5) is 10.5 Å². The van der Waals surface area contributed by atoms with Gasteiger partial charge in [-0.2, -0.15) is 0 Å². The van der Waals surface area contributed by atoms with E-state index in [1.165, 1.54) is 0 Å². The average molecular weight is 441 g/mol. The molecule has 2 aromatic rings. The molecule has 0 spiro atoms. The van der Waals surface area contributed by atoms with Crippen LogP contribution >= 0.6 is 0 Å². The second kappa shape index (κ2) is 11.3. The topological polar surface area (TPSA) is 106 Å². The number of allylic oxidation sites excluding steroid dienone is 1. The number of amides is 2. The Kier molecular flexibility index (Phi) is 8.75. The summed E-state index contributed by atoms with van der Waals surface area (Å²) >= 11 is 0. The lowest BCUT2D eigenvalue weighted by molar-refractivity contribution is -0.119. The lowest BCUT2D eigenvalue weighted by Gasteiger charge is -2.21. The third-order valence-electron chi connectivity index (χ3n) is 4.56. The predicted molar refractivity (Wildman–Crippen MR) is 124 cm³/mol. The first-order valence-corrected chi connectivity index (χ1v) is 10.6. The van der Waals surface area contributed by atoms with E-state index in [4.69, 9.17) is 9.15 Å². The van der Waals surface area contributed by atoms with Crippen LogP contribution < -0.4 is 10.6 Å². The standard InChI is InChI=1S/C24H32N4O4/c1-7-12-16(9-3)20(29)25-18-15-11-10-14-17(18)21-27-28-22(31-21)19(13-8-2)26-23(30)32-24(4,5)6/h7-8,10-11,14-16,19H,1-2,9,12-13H2,3-6H3,(H,25,29)(H,26,30)/t16?,19-/m0/s1. The van der Waals surface area contributed by atoms with Crippen LogP contribution in [0.15, 0.2) is 54.0 Å². The van der Waals surface area contributed by atoms with Crippen molar-refractivity contribution in [2.75, 3.05) is 5.32 Å². The first-order chi connectivity index (χ1) is 15.2. The molecule has 0 fully saturated rings. The van der Waals surface area contributed by atoms with Crippen LogP contribution in [0.5, 0.6) is 0 Å². The van der Waals surface area contributed by atoms with Crippen LogP contribution in [0, 0.1) is 5.92 Å². The minimum atomic E-state index is -0.637. The fraction of sp³-hybridized carbons (Fsp3) is 0.417. The summed E-state index contributed by atoms with van der Waals surface area (Å²) < 4.78 is 11.2. The molecule has 0 bridgehead atoms. The van der Waals surface area contributed by atoms with Crippen LogP contribution in [-0.2, 0) is 9.53 Å². The summed E-state index contributed by atoms with van der Waals surface area (Å²) in [6, 6.07) is 6.59. The van der Waals surface area contributed by atoms with E-state index < -0.39 is 17.7 Å². The summed E-state index contributed by atoms with van der Waals surface area (Å²) in [6.45, 7) is 14.7. The molecule has 8 nitrogen and oxygen atoms in total. The number of carbonyl (C=O) groups excluding carboxylic acids is 2. The number of nitrogens with one attached hydrogen (secondary N) is 2. The van der Waals surface area contributed by atoms with Crippen molar-refractivity contribution in [1.82, 2.24) is 15.5 Å². The normalized spacial score (nSPS) is 13.0. The monoisotopic (exact) mass is 440 g/mol. The van der Waals surface area contributed by atoms with Gasteiger partial charge in [0.05, 0.1) is 11.3 Å². The van der Waals surface area contributed by atoms with Crippen molar-refractivity contribution in [2.45, 2.75) is 58.6 Å².